The lowest BCUT2D eigenvalue weighted by molar-refractivity contribution is 0.0117. The minimum Gasteiger partial charge on any atom is -0.378 e. The van der Waals surface area contributed by atoms with E-state index in [4.69, 9.17) is 4.74 Å². The molecular formula is C20H26N4O2. The van der Waals surface area contributed by atoms with E-state index in [1.807, 2.05) is 24.3 Å². The molecule has 138 valence electrons. The number of amides is 1. The minimum absolute atomic E-state index is 0.0667. The smallest absolute Gasteiger partial charge is 0.251 e. The van der Waals surface area contributed by atoms with Gasteiger partial charge in [0.2, 0.25) is 0 Å². The second-order valence-electron chi connectivity index (χ2n) is 6.69. The molecule has 26 heavy (non-hydrogen) atoms. The molecule has 1 aromatic heterocycles. The van der Waals surface area contributed by atoms with Crippen LogP contribution in [0.4, 0.5) is 0 Å². The van der Waals surface area contributed by atoms with Gasteiger partial charge in [-0.15, -0.1) is 0 Å². The molecular weight excluding hydrogens is 328 g/mol. The van der Waals surface area contributed by atoms with Crippen LogP contribution in [0.5, 0.6) is 0 Å². The third-order valence-corrected chi connectivity index (χ3v) is 4.64. The third kappa shape index (κ3) is 5.34. The number of nitrogens with zero attached hydrogens (tertiary/aromatic N) is 3. The maximum Gasteiger partial charge on any atom is 0.251 e. The Hall–Kier alpha value is -2.31. The van der Waals surface area contributed by atoms with Gasteiger partial charge >= 0.3 is 0 Å². The maximum atomic E-state index is 12.3. The first kappa shape index (κ1) is 18.5. The van der Waals surface area contributed by atoms with Crippen LogP contribution in [-0.2, 0) is 4.74 Å². The van der Waals surface area contributed by atoms with Gasteiger partial charge < -0.3 is 15.0 Å². The van der Waals surface area contributed by atoms with Gasteiger partial charge in [0.15, 0.2) is 0 Å². The summed E-state index contributed by atoms with van der Waals surface area (Å²) in [6.07, 6.45) is 8.36. The molecule has 2 aromatic rings. The predicted molar refractivity (Wildman–Crippen MR) is 101 cm³/mol. The Morgan fingerprint density at radius 2 is 2.00 bits per heavy atom. The first-order valence-corrected chi connectivity index (χ1v) is 9.16. The van der Waals surface area contributed by atoms with Gasteiger partial charge in [-0.05, 0) is 44.0 Å². The van der Waals surface area contributed by atoms with E-state index in [0.717, 1.165) is 43.5 Å². The number of carbonyl (C=O) groups excluding carboxylic acids is 1. The molecule has 0 spiro atoms. The fourth-order valence-electron chi connectivity index (χ4n) is 3.07. The van der Waals surface area contributed by atoms with Crippen molar-refractivity contribution < 1.29 is 9.53 Å². The monoisotopic (exact) mass is 354 g/mol. The summed E-state index contributed by atoms with van der Waals surface area (Å²) in [6.45, 7) is 3.51. The van der Waals surface area contributed by atoms with Crippen LogP contribution < -0.4 is 5.32 Å². The summed E-state index contributed by atoms with van der Waals surface area (Å²) < 4.78 is 5.90. The number of likely N-dealkylation sites (tertiary alicyclic amines) is 1. The number of hydrogen-bond acceptors (Lipinski definition) is 5. The molecule has 1 saturated heterocycles. The van der Waals surface area contributed by atoms with Crippen LogP contribution >= 0.6 is 0 Å². The lowest BCUT2D eigenvalue weighted by atomic mass is 10.1. The molecule has 1 amide bonds. The van der Waals surface area contributed by atoms with Crippen molar-refractivity contribution in [3.8, 4) is 11.1 Å². The highest BCUT2D eigenvalue weighted by Crippen LogP contribution is 2.18. The Morgan fingerprint density at radius 1 is 1.23 bits per heavy atom. The zero-order valence-electron chi connectivity index (χ0n) is 15.2. The second kappa shape index (κ2) is 9.40. The van der Waals surface area contributed by atoms with Crippen molar-refractivity contribution in [1.82, 2.24) is 20.2 Å². The number of rotatable bonds is 7. The van der Waals surface area contributed by atoms with E-state index in [0.29, 0.717) is 24.8 Å². The van der Waals surface area contributed by atoms with E-state index in [1.54, 1.807) is 12.4 Å². The van der Waals surface area contributed by atoms with Crippen molar-refractivity contribution >= 4 is 5.91 Å². The van der Waals surface area contributed by atoms with Gasteiger partial charge in [0, 0.05) is 49.8 Å². The normalized spacial score (nSPS) is 15.7. The van der Waals surface area contributed by atoms with Gasteiger partial charge in [-0.1, -0.05) is 12.1 Å². The van der Waals surface area contributed by atoms with E-state index in [2.05, 4.69) is 27.2 Å². The molecule has 2 heterocycles. The number of nitrogens with one attached hydrogen (secondary N) is 1. The summed E-state index contributed by atoms with van der Waals surface area (Å²) in [5.74, 6) is -0.0667. The average Bonchev–Trinajstić information content (AvgIpc) is 2.70. The number of ether oxygens (including phenoxy) is 1. The van der Waals surface area contributed by atoms with E-state index >= 15 is 0 Å². The topological polar surface area (TPSA) is 67.3 Å². The molecule has 6 heteroatoms. The molecule has 1 N–H and O–H groups in total. The van der Waals surface area contributed by atoms with Crippen LogP contribution in [0.15, 0.2) is 43.0 Å². The van der Waals surface area contributed by atoms with E-state index in [1.165, 1.54) is 6.33 Å². The number of hydrogen-bond donors (Lipinski definition) is 1. The molecule has 0 unspecified atom stereocenters. The molecule has 0 aliphatic carbocycles. The molecule has 1 aromatic carbocycles. The molecule has 0 atom stereocenters. The fraction of sp³-hybridized carbons (Fsp3) is 0.450. The molecule has 0 radical (unpaired) electrons. The number of carbonyl (C=O) groups is 1. The van der Waals surface area contributed by atoms with Crippen LogP contribution in [0.2, 0.25) is 0 Å². The summed E-state index contributed by atoms with van der Waals surface area (Å²) in [6, 6.07) is 7.51. The number of aromatic nitrogens is 2. The first-order valence-electron chi connectivity index (χ1n) is 9.16. The van der Waals surface area contributed by atoms with Gasteiger partial charge in [-0.25, -0.2) is 9.97 Å². The molecule has 1 fully saturated rings. The van der Waals surface area contributed by atoms with Crippen LogP contribution in [0, 0.1) is 0 Å². The van der Waals surface area contributed by atoms with E-state index in [9.17, 15) is 4.79 Å². The van der Waals surface area contributed by atoms with Gasteiger partial charge in [0.05, 0.1) is 6.10 Å². The van der Waals surface area contributed by atoms with Crippen molar-refractivity contribution in [2.24, 2.45) is 0 Å². The molecule has 6 nitrogen and oxygen atoms in total. The first-order chi connectivity index (χ1) is 12.7. The van der Waals surface area contributed by atoms with Gasteiger partial charge in [0.25, 0.3) is 5.91 Å². The van der Waals surface area contributed by atoms with Gasteiger partial charge in [-0.3, -0.25) is 4.79 Å². The summed E-state index contributed by atoms with van der Waals surface area (Å²) in [7, 11) is 2.14. The van der Waals surface area contributed by atoms with Crippen LogP contribution in [-0.4, -0.2) is 60.2 Å². The highest BCUT2D eigenvalue weighted by Gasteiger charge is 2.16. The van der Waals surface area contributed by atoms with Crippen LogP contribution in [0.3, 0.4) is 0 Å². The molecule has 3 rings (SSSR count). The maximum absolute atomic E-state index is 12.3. The van der Waals surface area contributed by atoms with Crippen LogP contribution in [0.1, 0.15) is 29.6 Å². The zero-order valence-corrected chi connectivity index (χ0v) is 15.2. The Balaban J connectivity index is 1.41. The predicted octanol–water partition coefficient (Wildman–Crippen LogP) is 2.37. The molecule has 0 saturated carbocycles. The Kier molecular flexibility index (Phi) is 6.68. The quantitative estimate of drug-likeness (QED) is 0.773. The van der Waals surface area contributed by atoms with Crippen LogP contribution in [0.25, 0.3) is 11.1 Å². The van der Waals surface area contributed by atoms with Crippen molar-refractivity contribution in [2.75, 3.05) is 33.3 Å². The number of benzene rings is 1. The average molecular weight is 354 g/mol. The Bertz CT molecular complexity index is 700. The summed E-state index contributed by atoms with van der Waals surface area (Å²) >= 11 is 0. The highest BCUT2D eigenvalue weighted by atomic mass is 16.5. The Labute approximate surface area is 154 Å². The number of piperidine rings is 1. The van der Waals surface area contributed by atoms with E-state index < -0.39 is 0 Å². The third-order valence-electron chi connectivity index (χ3n) is 4.64. The van der Waals surface area contributed by atoms with Crippen molar-refractivity contribution in [3.05, 3.63) is 48.5 Å². The summed E-state index contributed by atoms with van der Waals surface area (Å²) in [4.78, 5) is 22.7. The molecule has 1 aliphatic rings. The lowest BCUT2D eigenvalue weighted by Crippen LogP contribution is -2.34. The molecule has 0 bridgehead atoms. The zero-order chi connectivity index (χ0) is 18.2. The van der Waals surface area contributed by atoms with Crippen molar-refractivity contribution in [1.29, 1.82) is 0 Å². The SMILES string of the molecule is CN1CCC(OCCCNC(=O)c2cccc(-c3cncnc3)c2)CC1. The van der Waals surface area contributed by atoms with Crippen molar-refractivity contribution in [2.45, 2.75) is 25.4 Å². The summed E-state index contributed by atoms with van der Waals surface area (Å²) in [5.41, 5.74) is 2.47. The fourth-order valence-corrected chi connectivity index (χ4v) is 3.07. The van der Waals surface area contributed by atoms with Crippen molar-refractivity contribution in [3.63, 3.8) is 0 Å². The summed E-state index contributed by atoms with van der Waals surface area (Å²) in [5, 5.41) is 2.96. The standard InChI is InChI=1S/C20H26N4O2/c1-24-9-6-19(7-10-24)26-11-3-8-23-20(25)17-5-2-4-16(12-17)18-13-21-15-22-14-18/h2,4-5,12-15,19H,3,6-11H2,1H3,(H,23,25). The second-order valence-corrected chi connectivity index (χ2v) is 6.69. The largest absolute Gasteiger partial charge is 0.378 e. The minimum atomic E-state index is -0.0667. The molecule has 1 aliphatic heterocycles. The lowest BCUT2D eigenvalue weighted by Gasteiger charge is -2.28. The highest BCUT2D eigenvalue weighted by molar-refractivity contribution is 5.95. The van der Waals surface area contributed by atoms with Gasteiger partial charge in [-0.2, -0.15) is 0 Å². The van der Waals surface area contributed by atoms with Gasteiger partial charge in [0.1, 0.15) is 6.33 Å². The van der Waals surface area contributed by atoms with E-state index in [-0.39, 0.29) is 5.91 Å². The Morgan fingerprint density at radius 3 is 2.77 bits per heavy atom.